The zero-order valence-electron chi connectivity index (χ0n) is 7.79. The molecule has 0 saturated heterocycles. The summed E-state index contributed by atoms with van der Waals surface area (Å²) in [6.45, 7) is 0.917. The number of carbonyl (C=O) groups is 1. The molecule has 72 valence electrons. The molecule has 1 atom stereocenters. The van der Waals surface area contributed by atoms with E-state index < -0.39 is 5.97 Å². The Hall–Kier alpha value is -0.610. The Kier molecular flexibility index (Phi) is 5.66. The minimum absolute atomic E-state index is 0.0171. The van der Waals surface area contributed by atoms with Crippen molar-refractivity contribution in [1.82, 2.24) is 4.90 Å². The predicted octanol–water partition coefficient (Wildman–Crippen LogP) is 0.130. The Bertz CT molecular complexity index is 137. The van der Waals surface area contributed by atoms with E-state index in [1.54, 1.807) is 0 Å². The zero-order chi connectivity index (χ0) is 9.56. The second-order valence-electron chi connectivity index (χ2n) is 3.28. The molecule has 0 saturated carbocycles. The van der Waals surface area contributed by atoms with E-state index in [1.807, 2.05) is 19.0 Å². The SMILES string of the molecule is CN(C)CCC(N)CCC(=O)O. The fraction of sp³-hybridized carbons (Fsp3) is 0.875. The van der Waals surface area contributed by atoms with E-state index in [0.717, 1.165) is 13.0 Å². The van der Waals surface area contributed by atoms with Crippen LogP contribution in [0.25, 0.3) is 0 Å². The second-order valence-corrected chi connectivity index (χ2v) is 3.28. The maximum absolute atomic E-state index is 10.2. The molecule has 4 heteroatoms. The van der Waals surface area contributed by atoms with Gasteiger partial charge in [-0.05, 0) is 33.5 Å². The third-order valence-corrected chi connectivity index (χ3v) is 1.68. The Morgan fingerprint density at radius 3 is 2.50 bits per heavy atom. The molecule has 0 radical (unpaired) electrons. The van der Waals surface area contributed by atoms with E-state index in [0.29, 0.717) is 6.42 Å². The van der Waals surface area contributed by atoms with E-state index in [4.69, 9.17) is 10.8 Å². The van der Waals surface area contributed by atoms with Crippen LogP contribution in [0.3, 0.4) is 0 Å². The van der Waals surface area contributed by atoms with Crippen LogP contribution in [0.2, 0.25) is 0 Å². The van der Waals surface area contributed by atoms with Crippen LogP contribution in [-0.4, -0.2) is 42.7 Å². The lowest BCUT2D eigenvalue weighted by Gasteiger charge is -2.13. The third kappa shape index (κ3) is 7.50. The summed E-state index contributed by atoms with van der Waals surface area (Å²) in [7, 11) is 3.95. The van der Waals surface area contributed by atoms with Crippen LogP contribution < -0.4 is 5.73 Å². The lowest BCUT2D eigenvalue weighted by Crippen LogP contribution is -2.26. The Morgan fingerprint density at radius 2 is 2.08 bits per heavy atom. The van der Waals surface area contributed by atoms with Gasteiger partial charge in [0.15, 0.2) is 0 Å². The predicted molar refractivity (Wildman–Crippen MR) is 48.0 cm³/mol. The van der Waals surface area contributed by atoms with Gasteiger partial charge in [0.1, 0.15) is 0 Å². The number of nitrogens with two attached hydrogens (primary N) is 1. The first-order valence-electron chi connectivity index (χ1n) is 4.14. The van der Waals surface area contributed by atoms with Crippen molar-refractivity contribution in [2.24, 2.45) is 5.73 Å². The van der Waals surface area contributed by atoms with Crippen LogP contribution in [0.15, 0.2) is 0 Å². The lowest BCUT2D eigenvalue weighted by atomic mass is 10.1. The summed E-state index contributed by atoms with van der Waals surface area (Å²) in [5, 5.41) is 8.37. The molecular formula is C8H18N2O2. The highest BCUT2D eigenvalue weighted by Crippen LogP contribution is 1.99. The molecule has 0 heterocycles. The maximum Gasteiger partial charge on any atom is 0.303 e. The van der Waals surface area contributed by atoms with Gasteiger partial charge in [-0.3, -0.25) is 4.79 Å². The summed E-state index contributed by atoms with van der Waals surface area (Å²) in [4.78, 5) is 12.2. The molecule has 0 spiro atoms. The van der Waals surface area contributed by atoms with Crippen LogP contribution in [-0.2, 0) is 4.79 Å². The first-order chi connectivity index (χ1) is 5.52. The quantitative estimate of drug-likeness (QED) is 0.600. The van der Waals surface area contributed by atoms with Crippen molar-refractivity contribution >= 4 is 5.97 Å². The Morgan fingerprint density at radius 1 is 1.50 bits per heavy atom. The van der Waals surface area contributed by atoms with Crippen molar-refractivity contribution in [2.75, 3.05) is 20.6 Å². The molecule has 0 aromatic rings. The van der Waals surface area contributed by atoms with Crippen LogP contribution in [0.4, 0.5) is 0 Å². The summed E-state index contributed by atoms with van der Waals surface area (Å²) >= 11 is 0. The van der Waals surface area contributed by atoms with Gasteiger partial charge in [-0.15, -0.1) is 0 Å². The average Bonchev–Trinajstić information content (AvgIpc) is 1.96. The van der Waals surface area contributed by atoms with Gasteiger partial charge in [0.25, 0.3) is 0 Å². The van der Waals surface area contributed by atoms with Crippen molar-refractivity contribution in [3.8, 4) is 0 Å². The van der Waals surface area contributed by atoms with Crippen molar-refractivity contribution < 1.29 is 9.90 Å². The topological polar surface area (TPSA) is 66.6 Å². The van der Waals surface area contributed by atoms with Crippen molar-refractivity contribution in [1.29, 1.82) is 0 Å². The Balaban J connectivity index is 3.33. The summed E-state index contributed by atoms with van der Waals surface area (Å²) in [5.41, 5.74) is 5.68. The van der Waals surface area contributed by atoms with Crippen LogP contribution in [0.1, 0.15) is 19.3 Å². The molecule has 12 heavy (non-hydrogen) atoms. The number of hydrogen-bond donors (Lipinski definition) is 2. The highest BCUT2D eigenvalue weighted by molar-refractivity contribution is 5.66. The molecule has 4 nitrogen and oxygen atoms in total. The smallest absolute Gasteiger partial charge is 0.303 e. The van der Waals surface area contributed by atoms with Gasteiger partial charge >= 0.3 is 5.97 Å². The highest BCUT2D eigenvalue weighted by Gasteiger charge is 2.05. The molecule has 0 aromatic heterocycles. The normalized spacial score (nSPS) is 13.3. The van der Waals surface area contributed by atoms with E-state index in [2.05, 4.69) is 0 Å². The molecule has 0 amide bonds. The van der Waals surface area contributed by atoms with Gasteiger partial charge in [0.2, 0.25) is 0 Å². The maximum atomic E-state index is 10.2. The molecule has 0 aliphatic carbocycles. The lowest BCUT2D eigenvalue weighted by molar-refractivity contribution is -0.137. The number of hydrogen-bond acceptors (Lipinski definition) is 3. The van der Waals surface area contributed by atoms with Gasteiger partial charge < -0.3 is 15.7 Å². The molecule has 3 N–H and O–H groups in total. The first kappa shape index (κ1) is 11.4. The van der Waals surface area contributed by atoms with E-state index >= 15 is 0 Å². The standard InChI is InChI=1S/C8H18N2O2/c1-10(2)6-5-7(9)3-4-8(11)12/h7H,3-6,9H2,1-2H3,(H,11,12). The number of rotatable bonds is 6. The minimum Gasteiger partial charge on any atom is -0.481 e. The number of carboxylic acids is 1. The average molecular weight is 174 g/mol. The fourth-order valence-corrected chi connectivity index (χ4v) is 0.877. The first-order valence-corrected chi connectivity index (χ1v) is 4.14. The molecular weight excluding hydrogens is 156 g/mol. The van der Waals surface area contributed by atoms with Gasteiger partial charge in [0.05, 0.1) is 0 Å². The largest absolute Gasteiger partial charge is 0.481 e. The zero-order valence-corrected chi connectivity index (χ0v) is 7.79. The molecule has 0 aliphatic rings. The van der Waals surface area contributed by atoms with Crippen molar-refractivity contribution in [3.05, 3.63) is 0 Å². The van der Waals surface area contributed by atoms with E-state index in [1.165, 1.54) is 0 Å². The number of aliphatic carboxylic acids is 1. The van der Waals surface area contributed by atoms with Gasteiger partial charge in [-0.25, -0.2) is 0 Å². The van der Waals surface area contributed by atoms with E-state index in [9.17, 15) is 4.79 Å². The third-order valence-electron chi connectivity index (χ3n) is 1.68. The summed E-state index contributed by atoms with van der Waals surface area (Å²) in [6, 6.07) is 0.0171. The molecule has 0 bridgehead atoms. The summed E-state index contributed by atoms with van der Waals surface area (Å²) in [5.74, 6) is -0.768. The highest BCUT2D eigenvalue weighted by atomic mass is 16.4. The molecule has 0 aromatic carbocycles. The van der Waals surface area contributed by atoms with Crippen LogP contribution in [0.5, 0.6) is 0 Å². The number of carboxylic acid groups (broad SMARTS) is 1. The minimum atomic E-state index is -0.768. The Labute approximate surface area is 73.3 Å². The van der Waals surface area contributed by atoms with Crippen LogP contribution in [0, 0.1) is 0 Å². The second kappa shape index (κ2) is 5.97. The van der Waals surface area contributed by atoms with Crippen molar-refractivity contribution in [2.45, 2.75) is 25.3 Å². The van der Waals surface area contributed by atoms with E-state index in [-0.39, 0.29) is 12.5 Å². The van der Waals surface area contributed by atoms with Crippen molar-refractivity contribution in [3.63, 3.8) is 0 Å². The van der Waals surface area contributed by atoms with Gasteiger partial charge in [0, 0.05) is 12.5 Å². The summed E-state index contributed by atoms with van der Waals surface area (Å²) in [6.07, 6.45) is 1.61. The fourth-order valence-electron chi connectivity index (χ4n) is 0.877. The van der Waals surface area contributed by atoms with Gasteiger partial charge in [-0.1, -0.05) is 0 Å². The molecule has 0 aliphatic heterocycles. The monoisotopic (exact) mass is 174 g/mol. The van der Waals surface area contributed by atoms with Gasteiger partial charge in [-0.2, -0.15) is 0 Å². The molecule has 0 fully saturated rings. The number of nitrogens with zero attached hydrogens (tertiary/aromatic N) is 1. The summed E-state index contributed by atoms with van der Waals surface area (Å²) < 4.78 is 0. The molecule has 1 unspecified atom stereocenters. The van der Waals surface area contributed by atoms with Crippen LogP contribution >= 0.6 is 0 Å². The molecule has 0 rings (SSSR count).